The number of hydrogen-bond donors (Lipinski definition) is 0. The average molecular weight is 434 g/mol. The van der Waals surface area contributed by atoms with Crippen LogP contribution in [-0.2, 0) is 5.33 Å². The van der Waals surface area contributed by atoms with Crippen LogP contribution >= 0.6 is 43.5 Å². The predicted molar refractivity (Wildman–Crippen MR) is 87.0 cm³/mol. The molecule has 2 aromatic heterocycles. The zero-order valence-electron chi connectivity index (χ0n) is 10.5. The van der Waals surface area contributed by atoms with Crippen LogP contribution in [0.15, 0.2) is 41.0 Å². The monoisotopic (exact) mass is 432 g/mol. The number of halogens is 4. The zero-order chi connectivity index (χ0) is 15.0. The normalized spacial score (nSPS) is 11.0. The highest BCUT2D eigenvalue weighted by Gasteiger charge is 2.15. The van der Waals surface area contributed by atoms with Gasteiger partial charge >= 0.3 is 0 Å². The molecule has 0 radical (unpaired) electrons. The Labute approximate surface area is 142 Å². The van der Waals surface area contributed by atoms with Gasteiger partial charge in [0.2, 0.25) is 5.88 Å². The Bertz CT molecular complexity index is 822. The fourth-order valence-corrected chi connectivity index (χ4v) is 3.14. The second-order valence-electron chi connectivity index (χ2n) is 4.22. The molecule has 2 heterocycles. The van der Waals surface area contributed by atoms with Gasteiger partial charge in [-0.25, -0.2) is 4.39 Å². The minimum atomic E-state index is -0.543. The van der Waals surface area contributed by atoms with Gasteiger partial charge in [0, 0.05) is 17.6 Å². The molecular formula is C14H8Br2ClFN2O. The number of rotatable bonds is 3. The van der Waals surface area contributed by atoms with Gasteiger partial charge in [-0.05, 0) is 34.1 Å². The standard InChI is InChI=1S/C14H8Br2ClFN2O/c15-7-11-14(19-13-3-1-2-4-20(11)13)21-12-6-10(18)9(17)5-8(12)16/h1-6H,7H2. The number of imidazole rings is 1. The first-order chi connectivity index (χ1) is 10.1. The number of ether oxygens (including phenoxy) is 1. The van der Waals surface area contributed by atoms with Crippen LogP contribution in [0.4, 0.5) is 4.39 Å². The molecule has 0 saturated carbocycles. The van der Waals surface area contributed by atoms with Crippen molar-refractivity contribution in [3.8, 4) is 11.6 Å². The van der Waals surface area contributed by atoms with Gasteiger partial charge in [-0.15, -0.1) is 0 Å². The second-order valence-corrected chi connectivity index (χ2v) is 6.05. The third-order valence-electron chi connectivity index (χ3n) is 2.90. The van der Waals surface area contributed by atoms with E-state index < -0.39 is 5.82 Å². The quantitative estimate of drug-likeness (QED) is 0.398. The summed E-state index contributed by atoms with van der Waals surface area (Å²) < 4.78 is 21.8. The number of fused-ring (bicyclic) bond motifs is 1. The van der Waals surface area contributed by atoms with Crippen molar-refractivity contribution < 1.29 is 9.13 Å². The van der Waals surface area contributed by atoms with Crippen molar-refractivity contribution in [2.45, 2.75) is 5.33 Å². The molecule has 0 spiro atoms. The maximum atomic E-state index is 13.6. The topological polar surface area (TPSA) is 26.5 Å². The minimum absolute atomic E-state index is 0.0324. The van der Waals surface area contributed by atoms with E-state index in [0.717, 1.165) is 11.3 Å². The molecule has 0 N–H and O–H groups in total. The Balaban J connectivity index is 2.08. The zero-order valence-corrected chi connectivity index (χ0v) is 14.4. The van der Waals surface area contributed by atoms with Gasteiger partial charge in [0.15, 0.2) is 0 Å². The first kappa shape index (κ1) is 14.8. The smallest absolute Gasteiger partial charge is 0.242 e. The largest absolute Gasteiger partial charge is 0.436 e. The van der Waals surface area contributed by atoms with E-state index in [4.69, 9.17) is 16.3 Å². The molecule has 0 bridgehead atoms. The maximum Gasteiger partial charge on any atom is 0.242 e. The van der Waals surface area contributed by atoms with E-state index in [2.05, 4.69) is 36.8 Å². The lowest BCUT2D eigenvalue weighted by Crippen LogP contribution is -1.93. The van der Waals surface area contributed by atoms with Crippen LogP contribution in [0.5, 0.6) is 11.6 Å². The number of benzene rings is 1. The predicted octanol–water partition coefficient (Wildman–Crippen LogP) is 5.58. The summed E-state index contributed by atoms with van der Waals surface area (Å²) in [6.45, 7) is 0. The van der Waals surface area contributed by atoms with Crippen LogP contribution in [0.3, 0.4) is 0 Å². The van der Waals surface area contributed by atoms with Crippen LogP contribution in [-0.4, -0.2) is 9.38 Å². The fourth-order valence-electron chi connectivity index (χ4n) is 1.91. The van der Waals surface area contributed by atoms with Crippen molar-refractivity contribution in [2.75, 3.05) is 0 Å². The molecule has 21 heavy (non-hydrogen) atoms. The Morgan fingerprint density at radius 2 is 2.14 bits per heavy atom. The second kappa shape index (κ2) is 5.94. The van der Waals surface area contributed by atoms with Crippen molar-refractivity contribution >= 4 is 49.1 Å². The molecule has 0 fully saturated rings. The molecule has 108 valence electrons. The van der Waals surface area contributed by atoms with Crippen LogP contribution < -0.4 is 4.74 Å². The van der Waals surface area contributed by atoms with E-state index >= 15 is 0 Å². The van der Waals surface area contributed by atoms with Crippen molar-refractivity contribution in [2.24, 2.45) is 0 Å². The summed E-state index contributed by atoms with van der Waals surface area (Å²) in [5.41, 5.74) is 1.60. The van der Waals surface area contributed by atoms with Gasteiger partial charge in [-0.1, -0.05) is 33.6 Å². The van der Waals surface area contributed by atoms with E-state index in [1.165, 1.54) is 12.1 Å². The summed E-state index contributed by atoms with van der Waals surface area (Å²) in [4.78, 5) is 4.41. The van der Waals surface area contributed by atoms with Gasteiger partial charge in [-0.2, -0.15) is 4.98 Å². The first-order valence-corrected chi connectivity index (χ1v) is 8.23. The van der Waals surface area contributed by atoms with E-state index in [-0.39, 0.29) is 5.02 Å². The number of hydrogen-bond acceptors (Lipinski definition) is 2. The van der Waals surface area contributed by atoms with Gasteiger partial charge < -0.3 is 4.74 Å². The van der Waals surface area contributed by atoms with E-state index in [0.29, 0.717) is 21.4 Å². The highest BCUT2D eigenvalue weighted by Crippen LogP contribution is 2.35. The molecule has 0 atom stereocenters. The van der Waals surface area contributed by atoms with Gasteiger partial charge in [0.1, 0.15) is 17.2 Å². The highest BCUT2D eigenvalue weighted by molar-refractivity contribution is 9.10. The number of alkyl halides is 1. The number of pyridine rings is 1. The third kappa shape index (κ3) is 2.80. The molecule has 0 aliphatic carbocycles. The molecule has 1 aromatic carbocycles. The van der Waals surface area contributed by atoms with Gasteiger partial charge in [0.25, 0.3) is 0 Å². The van der Waals surface area contributed by atoms with Crippen LogP contribution in [0, 0.1) is 5.82 Å². The average Bonchev–Trinajstić information content (AvgIpc) is 2.81. The summed E-state index contributed by atoms with van der Waals surface area (Å²) in [6.07, 6.45) is 1.89. The minimum Gasteiger partial charge on any atom is -0.436 e. The summed E-state index contributed by atoms with van der Waals surface area (Å²) in [6, 6.07) is 8.35. The number of nitrogens with zero attached hydrogens (tertiary/aromatic N) is 2. The molecule has 0 unspecified atom stereocenters. The van der Waals surface area contributed by atoms with E-state index in [1.54, 1.807) is 0 Å². The molecule has 7 heteroatoms. The Morgan fingerprint density at radius 1 is 1.33 bits per heavy atom. The van der Waals surface area contributed by atoms with Gasteiger partial charge in [0.05, 0.1) is 15.2 Å². The molecular weight excluding hydrogens is 426 g/mol. The number of aromatic nitrogens is 2. The fraction of sp³-hybridized carbons (Fsp3) is 0.0714. The highest BCUT2D eigenvalue weighted by atomic mass is 79.9. The van der Waals surface area contributed by atoms with Crippen LogP contribution in [0.2, 0.25) is 5.02 Å². The maximum absolute atomic E-state index is 13.6. The summed E-state index contributed by atoms with van der Waals surface area (Å²) in [7, 11) is 0. The van der Waals surface area contributed by atoms with Crippen molar-refractivity contribution in [3.63, 3.8) is 0 Å². The lowest BCUT2D eigenvalue weighted by Gasteiger charge is -2.07. The molecule has 0 aliphatic heterocycles. The molecule has 3 nitrogen and oxygen atoms in total. The lowest BCUT2D eigenvalue weighted by molar-refractivity contribution is 0.454. The Hall–Kier alpha value is -1.11. The molecule has 3 rings (SSSR count). The lowest BCUT2D eigenvalue weighted by atomic mass is 10.3. The molecule has 3 aromatic rings. The SMILES string of the molecule is Fc1cc(Oc2nc3ccccn3c2CBr)c(Br)cc1Cl. The van der Waals surface area contributed by atoms with Crippen molar-refractivity contribution in [1.82, 2.24) is 9.38 Å². The van der Waals surface area contributed by atoms with Crippen LogP contribution in [0.1, 0.15) is 5.69 Å². The van der Waals surface area contributed by atoms with Crippen molar-refractivity contribution in [1.29, 1.82) is 0 Å². The van der Waals surface area contributed by atoms with Crippen LogP contribution in [0.25, 0.3) is 5.65 Å². The Morgan fingerprint density at radius 3 is 2.90 bits per heavy atom. The summed E-state index contributed by atoms with van der Waals surface area (Å²) in [5, 5.41) is 0.589. The molecule has 0 amide bonds. The van der Waals surface area contributed by atoms with E-state index in [9.17, 15) is 4.39 Å². The van der Waals surface area contributed by atoms with E-state index in [1.807, 2.05) is 28.8 Å². The molecule has 0 saturated heterocycles. The van der Waals surface area contributed by atoms with Crippen molar-refractivity contribution in [3.05, 3.63) is 57.5 Å². The summed E-state index contributed by atoms with van der Waals surface area (Å²) >= 11 is 12.4. The molecule has 0 aliphatic rings. The summed E-state index contributed by atoms with van der Waals surface area (Å²) in [5.74, 6) is 0.196. The Kier molecular flexibility index (Phi) is 4.19. The third-order valence-corrected chi connectivity index (χ3v) is 4.34. The van der Waals surface area contributed by atoms with Gasteiger partial charge in [-0.3, -0.25) is 4.40 Å². The first-order valence-electron chi connectivity index (χ1n) is 5.94.